The smallest absolute Gasteiger partial charge is 0.240 e. The van der Waals surface area contributed by atoms with Crippen molar-refractivity contribution in [1.82, 2.24) is 14.8 Å². The zero-order chi connectivity index (χ0) is 28.6. The Morgan fingerprint density at radius 3 is 2.14 bits per heavy atom. The van der Waals surface area contributed by atoms with Crippen LogP contribution in [0.25, 0.3) is 22.0 Å². The minimum Gasteiger partial charge on any atom is -0.457 e. The Bertz CT molecular complexity index is 1750. The molecule has 0 spiro atoms. The van der Waals surface area contributed by atoms with Gasteiger partial charge in [0.25, 0.3) is 0 Å². The first kappa shape index (κ1) is 28.8. The maximum Gasteiger partial charge on any atom is 0.240 e. The summed E-state index contributed by atoms with van der Waals surface area (Å²) in [6, 6.07) is 20.5. The van der Waals surface area contributed by atoms with E-state index in [2.05, 4.69) is 34.6 Å². The highest BCUT2D eigenvalue weighted by molar-refractivity contribution is 6.16. The summed E-state index contributed by atoms with van der Waals surface area (Å²) in [6.07, 6.45) is 6.48. The van der Waals surface area contributed by atoms with E-state index < -0.39 is 17.1 Å². The molecule has 3 aromatic carbocycles. The Labute approximate surface area is 248 Å². The van der Waals surface area contributed by atoms with Crippen LogP contribution < -0.4 is 15.4 Å². The number of pyridine rings is 1. The maximum absolute atomic E-state index is 13.2. The van der Waals surface area contributed by atoms with Gasteiger partial charge in [0.2, 0.25) is 11.8 Å². The van der Waals surface area contributed by atoms with E-state index in [4.69, 9.17) is 4.74 Å². The molecule has 1 aliphatic rings. The summed E-state index contributed by atoms with van der Waals surface area (Å²) in [4.78, 5) is 30.3. The molecule has 1 aliphatic carbocycles. The Morgan fingerprint density at radius 1 is 0.905 bits per heavy atom. The third-order valence-corrected chi connectivity index (χ3v) is 7.23. The molecule has 1 fully saturated rings. The summed E-state index contributed by atoms with van der Waals surface area (Å²) >= 11 is 0. The number of amides is 2. The molecule has 2 heterocycles. The number of anilines is 2. The number of aromatic nitrogens is 3. The van der Waals surface area contributed by atoms with E-state index in [9.17, 15) is 14.0 Å². The summed E-state index contributed by atoms with van der Waals surface area (Å²) in [7, 11) is 0. The van der Waals surface area contributed by atoms with Crippen LogP contribution >= 0.6 is 12.4 Å². The van der Waals surface area contributed by atoms with E-state index in [-0.39, 0.29) is 24.4 Å². The lowest BCUT2D eigenvalue weighted by atomic mass is 10.0. The number of hydrogen-bond acceptors (Lipinski definition) is 5. The molecule has 6 rings (SSSR count). The molecule has 10 heteroatoms. The number of halogens is 2. The molecule has 1 saturated carbocycles. The number of rotatable bonds is 8. The number of hydrogen-bond donors (Lipinski definition) is 2. The second kappa shape index (κ2) is 11.6. The monoisotopic (exact) mass is 585 g/mol. The summed E-state index contributed by atoms with van der Waals surface area (Å²) in [6.45, 7) is 4.17. The molecule has 0 bridgehead atoms. The van der Waals surface area contributed by atoms with Crippen molar-refractivity contribution in [2.45, 2.75) is 32.7 Å². The number of benzene rings is 3. The van der Waals surface area contributed by atoms with Crippen LogP contribution in [-0.4, -0.2) is 26.6 Å². The number of fused-ring (bicyclic) bond motifs is 1. The highest BCUT2D eigenvalue weighted by Crippen LogP contribution is 2.47. The van der Waals surface area contributed by atoms with Crippen molar-refractivity contribution < 1.29 is 18.7 Å². The van der Waals surface area contributed by atoms with E-state index in [0.717, 1.165) is 22.0 Å². The molecule has 2 N–H and O–H groups in total. The molecule has 0 radical (unpaired) electrons. The third kappa shape index (κ3) is 5.82. The second-order valence-corrected chi connectivity index (χ2v) is 10.5. The number of carbonyl (C=O) groups excluding carboxylic acids is 2. The fraction of sp³-hybridized carbons (Fsp3) is 0.188. The van der Waals surface area contributed by atoms with Crippen LogP contribution in [0.5, 0.6) is 11.5 Å². The molecule has 42 heavy (non-hydrogen) atoms. The second-order valence-electron chi connectivity index (χ2n) is 10.5. The quantitative estimate of drug-likeness (QED) is 0.185. The molecular formula is C32H29ClFN5O3. The van der Waals surface area contributed by atoms with Gasteiger partial charge in [0.05, 0.1) is 11.7 Å². The summed E-state index contributed by atoms with van der Waals surface area (Å²) in [5, 5.41) is 10.8. The minimum atomic E-state index is -1.13. The Kier molecular flexibility index (Phi) is 7.95. The van der Waals surface area contributed by atoms with Crippen molar-refractivity contribution in [3.05, 3.63) is 97.2 Å². The lowest BCUT2D eigenvalue weighted by Crippen LogP contribution is -2.35. The van der Waals surface area contributed by atoms with Crippen LogP contribution in [0.15, 0.2) is 91.4 Å². The molecule has 0 atom stereocenters. The summed E-state index contributed by atoms with van der Waals surface area (Å²) in [5.41, 5.74) is 2.70. The maximum atomic E-state index is 13.2. The van der Waals surface area contributed by atoms with E-state index in [1.807, 2.05) is 41.3 Å². The molecule has 8 nitrogen and oxygen atoms in total. The van der Waals surface area contributed by atoms with E-state index in [0.29, 0.717) is 35.7 Å². The zero-order valence-electron chi connectivity index (χ0n) is 23.0. The SMILES string of the molecule is CC(C)n1cc(-c2ccc3c(Oc4ccc(NC(=O)C5(C(=O)Nc6ccc(F)cc6)CC5)cc4)ccnc3c2)cn1.Cl. The van der Waals surface area contributed by atoms with Crippen LogP contribution in [0.1, 0.15) is 32.7 Å². The fourth-order valence-electron chi connectivity index (χ4n) is 4.61. The standard InChI is InChI=1S/C32H28FN5O3.ClH/c1-20(2)38-19-22(18-35-38)21-3-12-27-28(17-21)34-16-13-29(27)41-26-10-8-25(9-11-26)37-31(40)32(14-15-32)30(39)36-24-6-4-23(33)5-7-24;/h3-13,16-20H,14-15H2,1-2H3,(H,36,39)(H,37,40);1H. The van der Waals surface area contributed by atoms with Crippen LogP contribution in [-0.2, 0) is 9.59 Å². The van der Waals surface area contributed by atoms with E-state index >= 15 is 0 Å². The van der Waals surface area contributed by atoms with Crippen molar-refractivity contribution >= 4 is 46.5 Å². The molecule has 2 aromatic heterocycles. The third-order valence-electron chi connectivity index (χ3n) is 7.23. The van der Waals surface area contributed by atoms with Gasteiger partial charge in [0, 0.05) is 40.8 Å². The van der Waals surface area contributed by atoms with E-state index in [1.165, 1.54) is 24.3 Å². The van der Waals surface area contributed by atoms with Crippen LogP contribution in [0.4, 0.5) is 15.8 Å². The highest BCUT2D eigenvalue weighted by Gasteiger charge is 2.56. The lowest BCUT2D eigenvalue weighted by molar-refractivity contribution is -0.131. The van der Waals surface area contributed by atoms with Gasteiger partial charge in [0.15, 0.2) is 0 Å². The first-order valence-electron chi connectivity index (χ1n) is 13.4. The number of nitrogens with one attached hydrogen (secondary N) is 2. The topological polar surface area (TPSA) is 98.1 Å². The Hall–Kier alpha value is -4.76. The zero-order valence-corrected chi connectivity index (χ0v) is 23.8. The van der Waals surface area contributed by atoms with Gasteiger partial charge >= 0.3 is 0 Å². The van der Waals surface area contributed by atoms with Crippen molar-refractivity contribution in [2.24, 2.45) is 5.41 Å². The largest absolute Gasteiger partial charge is 0.457 e. The average Bonchev–Trinajstić information content (AvgIpc) is 3.64. The van der Waals surface area contributed by atoms with Gasteiger partial charge in [0.1, 0.15) is 22.7 Å². The number of nitrogens with zero attached hydrogens (tertiary/aromatic N) is 3. The minimum absolute atomic E-state index is 0. The van der Waals surface area contributed by atoms with Crippen LogP contribution in [0.2, 0.25) is 0 Å². The molecule has 0 unspecified atom stereocenters. The predicted octanol–water partition coefficient (Wildman–Crippen LogP) is 7.39. The van der Waals surface area contributed by atoms with Gasteiger partial charge in [-0.25, -0.2) is 4.39 Å². The van der Waals surface area contributed by atoms with Crippen molar-refractivity contribution in [3.63, 3.8) is 0 Å². The van der Waals surface area contributed by atoms with Gasteiger partial charge < -0.3 is 15.4 Å². The van der Waals surface area contributed by atoms with E-state index in [1.54, 1.807) is 30.5 Å². The number of carbonyl (C=O) groups is 2. The molecule has 0 aliphatic heterocycles. The van der Waals surface area contributed by atoms with Gasteiger partial charge in [-0.15, -0.1) is 12.4 Å². The van der Waals surface area contributed by atoms with Gasteiger partial charge in [-0.05, 0) is 99.0 Å². The van der Waals surface area contributed by atoms with Crippen LogP contribution in [0.3, 0.4) is 0 Å². The lowest BCUT2D eigenvalue weighted by Gasteiger charge is -2.16. The average molecular weight is 586 g/mol. The first-order valence-corrected chi connectivity index (χ1v) is 13.4. The molecule has 5 aromatic rings. The molecule has 0 saturated heterocycles. The van der Waals surface area contributed by atoms with Gasteiger partial charge in [-0.3, -0.25) is 19.3 Å². The first-order chi connectivity index (χ1) is 19.8. The van der Waals surface area contributed by atoms with Crippen molar-refractivity contribution in [2.75, 3.05) is 10.6 Å². The normalized spacial score (nSPS) is 13.3. The summed E-state index contributed by atoms with van der Waals surface area (Å²) in [5.74, 6) is 0.0776. The van der Waals surface area contributed by atoms with Gasteiger partial charge in [-0.2, -0.15) is 5.10 Å². The molecular weight excluding hydrogens is 557 g/mol. The van der Waals surface area contributed by atoms with Crippen molar-refractivity contribution in [1.29, 1.82) is 0 Å². The Morgan fingerprint density at radius 2 is 1.55 bits per heavy atom. The molecule has 2 amide bonds. The summed E-state index contributed by atoms with van der Waals surface area (Å²) < 4.78 is 21.3. The highest BCUT2D eigenvalue weighted by atomic mass is 35.5. The number of ether oxygens (including phenoxy) is 1. The Balaban J connectivity index is 0.00000353. The van der Waals surface area contributed by atoms with Gasteiger partial charge in [-0.1, -0.05) is 6.07 Å². The van der Waals surface area contributed by atoms with Crippen molar-refractivity contribution in [3.8, 4) is 22.6 Å². The predicted molar refractivity (Wildman–Crippen MR) is 162 cm³/mol. The fourth-order valence-corrected chi connectivity index (χ4v) is 4.61. The molecule has 214 valence electrons. The van der Waals surface area contributed by atoms with Crippen LogP contribution in [0, 0.1) is 11.2 Å².